The first-order chi connectivity index (χ1) is 28.4. The van der Waals surface area contributed by atoms with E-state index in [2.05, 4.69) is 131 Å². The van der Waals surface area contributed by atoms with Gasteiger partial charge in [-0.05, 0) is 69.3 Å². The fraction of sp³-hybridized carbons (Fsp3) is 0.151. The Morgan fingerprint density at radius 2 is 1.38 bits per heavy atom. The summed E-state index contributed by atoms with van der Waals surface area (Å²) in [4.78, 5) is 15.2. The molecule has 0 aliphatic rings. The molecular weight excluding hydrogens is 920 g/mol. The number of benzene rings is 6. The first-order valence-electron chi connectivity index (χ1n) is 20.1. The van der Waals surface area contributed by atoms with Gasteiger partial charge in [-0.25, -0.2) is 0 Å². The normalized spacial score (nSPS) is 12.1. The predicted molar refractivity (Wildman–Crippen MR) is 241 cm³/mol. The van der Waals surface area contributed by atoms with Gasteiger partial charge in [0.05, 0.1) is 28.6 Å². The van der Waals surface area contributed by atoms with Gasteiger partial charge in [0.25, 0.3) is 0 Å². The number of furan rings is 1. The minimum atomic E-state index is -0.0834. The molecule has 0 bridgehead atoms. The standard InChI is InChI=1S/C53H43N4O2.Pt/c1-52(2,3)36-21-23-43(40(28-36)32-14-8-7-9-15-32)57-44-31-54-30-42(47-45(58)24-22-39-38-19-10-11-20-46(38)59-50(39)47)49(44)56-51(57)35-17-12-16-33(26-35)41-29-37(53(4,5)6)27-34-18-13-25-55-48(34)41;/h7-25,27-31,58H,1-6H3;/q-1;. The van der Waals surface area contributed by atoms with Gasteiger partial charge in [-0.2, -0.15) is 0 Å². The van der Waals surface area contributed by atoms with Crippen molar-refractivity contribution in [3.8, 4) is 56.2 Å². The van der Waals surface area contributed by atoms with Gasteiger partial charge >= 0.3 is 0 Å². The summed E-state index contributed by atoms with van der Waals surface area (Å²) < 4.78 is 8.70. The Bertz CT molecular complexity index is 3260. The second-order valence-electron chi connectivity index (χ2n) is 17.4. The van der Waals surface area contributed by atoms with Gasteiger partial charge in [0.1, 0.15) is 16.9 Å². The zero-order valence-electron chi connectivity index (χ0n) is 34.3. The monoisotopic (exact) mass is 962 g/mol. The van der Waals surface area contributed by atoms with Crippen molar-refractivity contribution >= 4 is 43.9 Å². The number of aromatic hydroxyl groups is 1. The molecule has 0 saturated heterocycles. The molecule has 4 heterocycles. The summed E-state index contributed by atoms with van der Waals surface area (Å²) in [6, 6.07) is 47.5. The van der Waals surface area contributed by atoms with E-state index in [1.807, 2.05) is 54.9 Å². The number of phenolic OH excluding ortho intramolecular Hbond substituents is 1. The summed E-state index contributed by atoms with van der Waals surface area (Å²) in [5, 5.41) is 14.6. The Morgan fingerprint density at radius 1 is 0.633 bits per heavy atom. The van der Waals surface area contributed by atoms with E-state index in [-0.39, 0.29) is 37.6 Å². The average Bonchev–Trinajstić information content (AvgIpc) is 3.82. The molecule has 0 spiro atoms. The molecule has 0 aliphatic heterocycles. The van der Waals surface area contributed by atoms with Crippen LogP contribution in [0.1, 0.15) is 52.7 Å². The molecule has 0 aliphatic carbocycles. The number of phenols is 1. The van der Waals surface area contributed by atoms with Crippen molar-refractivity contribution in [3.05, 3.63) is 163 Å². The molecule has 4 aromatic heterocycles. The molecule has 7 heteroatoms. The summed E-state index contributed by atoms with van der Waals surface area (Å²) in [6.45, 7) is 13.4. The van der Waals surface area contributed by atoms with E-state index >= 15 is 0 Å². The van der Waals surface area contributed by atoms with Gasteiger partial charge in [-0.3, -0.25) is 15.0 Å². The van der Waals surface area contributed by atoms with Crippen LogP contribution in [0.25, 0.3) is 94.3 Å². The molecule has 6 nitrogen and oxygen atoms in total. The topological polar surface area (TPSA) is 77.0 Å². The third kappa shape index (κ3) is 6.60. The number of pyridine rings is 2. The number of imidazole rings is 1. The van der Waals surface area contributed by atoms with Crippen LogP contribution in [-0.2, 0) is 31.9 Å². The van der Waals surface area contributed by atoms with Gasteiger partial charge in [0.15, 0.2) is 0 Å². The average molecular weight is 963 g/mol. The summed E-state index contributed by atoms with van der Waals surface area (Å²) >= 11 is 0. The molecule has 60 heavy (non-hydrogen) atoms. The van der Waals surface area contributed by atoms with Crippen LogP contribution in [0.4, 0.5) is 0 Å². The number of nitrogens with zero attached hydrogens (tertiary/aromatic N) is 4. The largest absolute Gasteiger partial charge is 0.507 e. The maximum atomic E-state index is 11.7. The molecule has 10 rings (SSSR count). The van der Waals surface area contributed by atoms with Crippen molar-refractivity contribution < 1.29 is 30.6 Å². The minimum Gasteiger partial charge on any atom is -0.507 e. The van der Waals surface area contributed by atoms with Gasteiger partial charge in [0, 0.05) is 66.6 Å². The number of hydrogen-bond acceptors (Lipinski definition) is 5. The van der Waals surface area contributed by atoms with Crippen LogP contribution >= 0.6 is 0 Å². The van der Waals surface area contributed by atoms with Gasteiger partial charge in [0.2, 0.25) is 0 Å². The SMILES string of the molecule is CC(C)(C)c1ccc(-n2c(-c3[c-]c(-c4cc(C(C)(C)C)cc5cccnc45)ccc3)nc3c(-c4c(O)ccc5c4oc4ccccc45)cncc32)c(-c2ccccc2)c1.[Pt]. The summed E-state index contributed by atoms with van der Waals surface area (Å²) in [5.41, 5.74) is 13.1. The van der Waals surface area contributed by atoms with Crippen LogP contribution in [0.15, 0.2) is 150 Å². The van der Waals surface area contributed by atoms with Crippen LogP contribution in [0.3, 0.4) is 0 Å². The molecule has 0 fully saturated rings. The molecule has 0 radical (unpaired) electrons. The van der Waals surface area contributed by atoms with E-state index in [0.29, 0.717) is 28.1 Å². The van der Waals surface area contributed by atoms with Crippen LogP contribution in [0.5, 0.6) is 5.75 Å². The molecule has 10 aromatic rings. The summed E-state index contributed by atoms with van der Waals surface area (Å²) in [5.74, 6) is 0.783. The van der Waals surface area contributed by atoms with Crippen LogP contribution in [0, 0.1) is 6.07 Å². The van der Waals surface area contributed by atoms with Crippen molar-refractivity contribution in [2.24, 2.45) is 0 Å². The van der Waals surface area contributed by atoms with Gasteiger partial charge < -0.3 is 14.1 Å². The molecular formula is C53H43N4O2Pt-. The summed E-state index contributed by atoms with van der Waals surface area (Å²) in [6.07, 6.45) is 5.50. The Balaban J connectivity index is 0.00000462. The number of para-hydroxylation sites is 1. The molecule has 0 unspecified atom stereocenters. The van der Waals surface area contributed by atoms with Gasteiger partial charge in [-0.15, -0.1) is 29.8 Å². The number of hydrogen-bond donors (Lipinski definition) is 1. The van der Waals surface area contributed by atoms with Crippen LogP contribution in [0.2, 0.25) is 0 Å². The van der Waals surface area contributed by atoms with Crippen molar-refractivity contribution in [2.75, 3.05) is 0 Å². The van der Waals surface area contributed by atoms with Gasteiger partial charge in [-0.1, -0.05) is 125 Å². The maximum Gasteiger partial charge on any atom is 0.147 e. The third-order valence-corrected chi connectivity index (χ3v) is 11.4. The fourth-order valence-electron chi connectivity index (χ4n) is 8.27. The molecule has 0 amide bonds. The maximum absolute atomic E-state index is 11.7. The quantitative estimate of drug-likeness (QED) is 0.174. The van der Waals surface area contributed by atoms with E-state index in [0.717, 1.165) is 66.3 Å². The first-order valence-corrected chi connectivity index (χ1v) is 20.1. The first kappa shape index (κ1) is 39.1. The third-order valence-electron chi connectivity index (χ3n) is 11.4. The number of aromatic nitrogens is 4. The zero-order valence-corrected chi connectivity index (χ0v) is 36.6. The van der Waals surface area contributed by atoms with Crippen molar-refractivity contribution in [1.82, 2.24) is 19.5 Å². The van der Waals surface area contributed by atoms with Crippen molar-refractivity contribution in [3.63, 3.8) is 0 Å². The number of fused-ring (bicyclic) bond motifs is 5. The van der Waals surface area contributed by atoms with E-state index in [1.54, 1.807) is 12.3 Å². The smallest absolute Gasteiger partial charge is 0.147 e. The van der Waals surface area contributed by atoms with Crippen molar-refractivity contribution in [1.29, 1.82) is 0 Å². The van der Waals surface area contributed by atoms with E-state index < -0.39 is 0 Å². The second kappa shape index (κ2) is 14.7. The predicted octanol–water partition coefficient (Wildman–Crippen LogP) is 13.6. The Hall–Kier alpha value is -6.36. The molecule has 298 valence electrons. The molecule has 6 aromatic carbocycles. The van der Waals surface area contributed by atoms with Crippen LogP contribution in [-0.4, -0.2) is 24.6 Å². The molecule has 0 saturated carbocycles. The van der Waals surface area contributed by atoms with E-state index in [1.165, 1.54) is 11.1 Å². The van der Waals surface area contributed by atoms with Crippen molar-refractivity contribution in [2.45, 2.75) is 52.4 Å². The second-order valence-corrected chi connectivity index (χ2v) is 17.4. The van der Waals surface area contributed by atoms with E-state index in [9.17, 15) is 5.11 Å². The zero-order chi connectivity index (χ0) is 40.6. The molecule has 0 atom stereocenters. The summed E-state index contributed by atoms with van der Waals surface area (Å²) in [7, 11) is 0. The fourth-order valence-corrected chi connectivity index (χ4v) is 8.27. The number of rotatable bonds is 5. The Kier molecular flexibility index (Phi) is 9.60. The Labute approximate surface area is 363 Å². The van der Waals surface area contributed by atoms with Crippen LogP contribution < -0.4 is 0 Å². The van der Waals surface area contributed by atoms with E-state index in [4.69, 9.17) is 19.4 Å². The minimum absolute atomic E-state index is 0. The Morgan fingerprint density at radius 3 is 2.18 bits per heavy atom. The molecule has 1 N–H and O–H groups in total.